The van der Waals surface area contributed by atoms with E-state index < -0.39 is 18.7 Å². The standard InChI is InChI=1S/C5H9NO4S/c7-2-4(8)3-10-5(9)1-6-11/h4,7-8H,1-3H2. The molecule has 0 bridgehead atoms. The molecule has 6 heteroatoms. The van der Waals surface area contributed by atoms with Gasteiger partial charge in [-0.05, 0) is 0 Å². The molecule has 0 fully saturated rings. The molecule has 0 rings (SSSR count). The highest BCUT2D eigenvalue weighted by molar-refractivity contribution is 7.47. The van der Waals surface area contributed by atoms with E-state index in [0.29, 0.717) is 0 Å². The predicted molar refractivity (Wildman–Crippen MR) is 38.7 cm³/mol. The van der Waals surface area contributed by atoms with Crippen molar-refractivity contribution in [2.24, 2.45) is 4.36 Å². The molecule has 11 heavy (non-hydrogen) atoms. The summed E-state index contributed by atoms with van der Waals surface area (Å²) in [6.45, 7) is -0.855. The van der Waals surface area contributed by atoms with E-state index in [0.717, 1.165) is 0 Å². The Labute approximate surface area is 69.2 Å². The van der Waals surface area contributed by atoms with Gasteiger partial charge in [-0.2, -0.15) is 0 Å². The first kappa shape index (κ1) is 10.4. The van der Waals surface area contributed by atoms with Gasteiger partial charge in [0.25, 0.3) is 0 Å². The molecule has 2 N–H and O–H groups in total. The van der Waals surface area contributed by atoms with Gasteiger partial charge in [0.2, 0.25) is 0 Å². The second-order valence-corrected chi connectivity index (χ2v) is 2.06. The molecule has 0 radical (unpaired) electrons. The lowest BCUT2D eigenvalue weighted by molar-refractivity contribution is -0.145. The third-order valence-corrected chi connectivity index (χ3v) is 0.970. The second kappa shape index (κ2) is 6.14. The zero-order valence-corrected chi connectivity index (χ0v) is 6.58. The van der Waals surface area contributed by atoms with Crippen molar-refractivity contribution in [1.82, 2.24) is 0 Å². The predicted octanol–water partition coefficient (Wildman–Crippen LogP) is -1.39. The summed E-state index contributed by atoms with van der Waals surface area (Å²) < 4.78 is 7.53. The Hall–Kier alpha value is -0.590. The van der Waals surface area contributed by atoms with E-state index in [1.807, 2.05) is 0 Å². The number of aliphatic hydroxyl groups is 2. The lowest BCUT2D eigenvalue weighted by Crippen LogP contribution is -2.22. The number of rotatable bonds is 5. The molecule has 0 aliphatic carbocycles. The largest absolute Gasteiger partial charge is 0.461 e. The molecular formula is C5H9NO4S. The van der Waals surface area contributed by atoms with Gasteiger partial charge in [-0.15, -0.1) is 0 Å². The Morgan fingerprint density at radius 2 is 2.36 bits per heavy atom. The zero-order valence-electron chi connectivity index (χ0n) is 5.77. The third-order valence-electron chi connectivity index (χ3n) is 0.841. The Morgan fingerprint density at radius 3 is 2.82 bits per heavy atom. The second-order valence-electron chi connectivity index (χ2n) is 1.81. The van der Waals surface area contributed by atoms with Gasteiger partial charge in [0.1, 0.15) is 19.3 Å². The highest BCUT2D eigenvalue weighted by atomic mass is 32.1. The minimum absolute atomic E-state index is 0.201. The van der Waals surface area contributed by atoms with Crippen LogP contribution in [-0.2, 0) is 22.0 Å². The average Bonchev–Trinajstić information content (AvgIpc) is 2.01. The van der Waals surface area contributed by atoms with E-state index in [2.05, 4.69) is 21.5 Å². The van der Waals surface area contributed by atoms with Crippen molar-refractivity contribution in [2.75, 3.05) is 19.8 Å². The highest BCUT2D eigenvalue weighted by Gasteiger charge is 2.05. The van der Waals surface area contributed by atoms with Crippen LogP contribution in [0.5, 0.6) is 0 Å². The van der Waals surface area contributed by atoms with Gasteiger partial charge in [0, 0.05) is 12.4 Å². The van der Waals surface area contributed by atoms with Gasteiger partial charge in [-0.1, -0.05) is 0 Å². The van der Waals surface area contributed by atoms with Crippen LogP contribution in [0.2, 0.25) is 0 Å². The lowest BCUT2D eigenvalue weighted by atomic mass is 10.4. The molecule has 5 nitrogen and oxygen atoms in total. The first-order chi connectivity index (χ1) is 5.20. The van der Waals surface area contributed by atoms with Crippen LogP contribution >= 0.6 is 0 Å². The Balaban J connectivity index is 3.37. The van der Waals surface area contributed by atoms with Crippen molar-refractivity contribution in [3.63, 3.8) is 0 Å². The summed E-state index contributed by atoms with van der Waals surface area (Å²) in [4.78, 5) is 10.5. The van der Waals surface area contributed by atoms with Crippen molar-refractivity contribution < 1.29 is 19.7 Å². The first-order valence-electron chi connectivity index (χ1n) is 2.94. The van der Waals surface area contributed by atoms with Gasteiger partial charge in [-0.3, -0.25) is 4.79 Å². The SMILES string of the molecule is O=C(CN=S)OCC(O)CO. The van der Waals surface area contributed by atoms with Crippen molar-refractivity contribution in [2.45, 2.75) is 6.10 Å². The van der Waals surface area contributed by atoms with Crippen LogP contribution in [-0.4, -0.2) is 42.0 Å². The summed E-state index contributed by atoms with van der Waals surface area (Å²) in [7, 11) is 0. The summed E-state index contributed by atoms with van der Waals surface area (Å²) in [5.41, 5.74) is 0. The smallest absolute Gasteiger partial charge is 0.328 e. The molecule has 0 heterocycles. The summed E-state index contributed by atoms with van der Waals surface area (Å²) in [6, 6.07) is 0. The maximum Gasteiger partial charge on any atom is 0.328 e. The zero-order chi connectivity index (χ0) is 8.69. The third kappa shape index (κ3) is 5.84. The molecule has 0 aromatic carbocycles. The van der Waals surface area contributed by atoms with Gasteiger partial charge in [0.15, 0.2) is 0 Å². The van der Waals surface area contributed by atoms with Crippen molar-refractivity contribution >= 4 is 18.4 Å². The summed E-state index contributed by atoms with van der Waals surface area (Å²) >= 11 is 4.15. The molecule has 64 valence electrons. The fraction of sp³-hybridized carbons (Fsp3) is 0.800. The lowest BCUT2D eigenvalue weighted by Gasteiger charge is -2.06. The number of esters is 1. The van der Waals surface area contributed by atoms with Crippen LogP contribution < -0.4 is 0 Å². The maximum atomic E-state index is 10.5. The average molecular weight is 179 g/mol. The molecule has 0 saturated heterocycles. The van der Waals surface area contributed by atoms with Crippen LogP contribution in [0.25, 0.3) is 0 Å². The van der Waals surface area contributed by atoms with Crippen LogP contribution in [0.3, 0.4) is 0 Å². The number of aliphatic hydroxyl groups excluding tert-OH is 2. The molecule has 0 saturated carbocycles. The maximum absolute atomic E-state index is 10.5. The Bertz CT molecular complexity index is 140. The number of carbonyl (C=O) groups excluding carboxylic acids is 1. The van der Waals surface area contributed by atoms with E-state index in [-0.39, 0.29) is 13.2 Å². The number of hydrogen-bond donors (Lipinski definition) is 2. The van der Waals surface area contributed by atoms with E-state index in [4.69, 9.17) is 10.2 Å². The quantitative estimate of drug-likeness (QED) is 0.508. The number of nitrogens with zero attached hydrogens (tertiary/aromatic N) is 1. The van der Waals surface area contributed by atoms with Crippen LogP contribution in [0.15, 0.2) is 4.36 Å². The van der Waals surface area contributed by atoms with Gasteiger partial charge >= 0.3 is 5.97 Å². The molecule has 0 spiro atoms. The molecule has 0 amide bonds. The first-order valence-corrected chi connectivity index (χ1v) is 3.31. The molecule has 0 aliphatic rings. The Kier molecular flexibility index (Phi) is 5.81. The monoisotopic (exact) mass is 179 g/mol. The van der Waals surface area contributed by atoms with Gasteiger partial charge in [0.05, 0.1) is 6.61 Å². The molecule has 0 aliphatic heterocycles. The topological polar surface area (TPSA) is 79.1 Å². The Morgan fingerprint density at radius 1 is 1.73 bits per heavy atom. The molecule has 0 aromatic rings. The number of carbonyl (C=O) groups is 1. The van der Waals surface area contributed by atoms with Crippen molar-refractivity contribution in [1.29, 1.82) is 0 Å². The minimum Gasteiger partial charge on any atom is -0.461 e. The fourth-order valence-electron chi connectivity index (χ4n) is 0.340. The molecular weight excluding hydrogens is 170 g/mol. The van der Waals surface area contributed by atoms with Gasteiger partial charge in [-0.25, -0.2) is 4.36 Å². The van der Waals surface area contributed by atoms with E-state index in [1.165, 1.54) is 0 Å². The van der Waals surface area contributed by atoms with Crippen LogP contribution in [0, 0.1) is 0 Å². The van der Waals surface area contributed by atoms with Crippen LogP contribution in [0.1, 0.15) is 0 Å². The number of ether oxygens (including phenoxy) is 1. The fourth-order valence-corrected chi connectivity index (χ4v) is 0.446. The molecule has 1 unspecified atom stereocenters. The minimum atomic E-state index is -1.02. The van der Waals surface area contributed by atoms with E-state index in [1.54, 1.807) is 0 Å². The van der Waals surface area contributed by atoms with Crippen molar-refractivity contribution in [3.8, 4) is 0 Å². The normalized spacial score (nSPS) is 12.2. The highest BCUT2D eigenvalue weighted by Crippen LogP contribution is 1.85. The van der Waals surface area contributed by atoms with Crippen LogP contribution in [0.4, 0.5) is 0 Å². The number of hydrogen-bond acceptors (Lipinski definition) is 6. The summed E-state index contributed by atoms with van der Waals surface area (Å²) in [5.74, 6) is -0.604. The molecule has 0 aromatic heterocycles. The summed E-state index contributed by atoms with van der Waals surface area (Å²) in [6.07, 6.45) is -1.02. The van der Waals surface area contributed by atoms with E-state index >= 15 is 0 Å². The van der Waals surface area contributed by atoms with E-state index in [9.17, 15) is 4.79 Å². The van der Waals surface area contributed by atoms with Crippen molar-refractivity contribution in [3.05, 3.63) is 0 Å². The van der Waals surface area contributed by atoms with Gasteiger partial charge < -0.3 is 14.9 Å². The molecule has 1 atom stereocenters. The summed E-state index contributed by atoms with van der Waals surface area (Å²) in [5, 5.41) is 17.0.